The molecule has 3 N–H and O–H groups in total. The van der Waals surface area contributed by atoms with Gasteiger partial charge in [-0.25, -0.2) is 0 Å². The first kappa shape index (κ1) is 15.9. The number of rotatable bonds is 6. The van der Waals surface area contributed by atoms with Gasteiger partial charge in [0.15, 0.2) is 6.10 Å². The number of anilines is 2. The van der Waals surface area contributed by atoms with Crippen LogP contribution < -0.4 is 16.0 Å². The van der Waals surface area contributed by atoms with Gasteiger partial charge in [0, 0.05) is 19.7 Å². The van der Waals surface area contributed by atoms with E-state index in [9.17, 15) is 4.79 Å². The van der Waals surface area contributed by atoms with Gasteiger partial charge in [0.2, 0.25) is 10.3 Å². The standard InChI is InChI=1S/C15H19N5O2S/c1-22-12(10-5-3-2-4-6-10)13(21)18-15-20-19-14(23-15)17-11-7-8-16-9-11/h2-6,11-12,16H,7-9H2,1H3,(H,17,19)(H,18,20,21)/t11-,12-/m1/s1. The molecule has 0 unspecified atom stereocenters. The zero-order valence-electron chi connectivity index (χ0n) is 12.8. The van der Waals surface area contributed by atoms with Gasteiger partial charge in [-0.1, -0.05) is 41.7 Å². The van der Waals surface area contributed by atoms with Gasteiger partial charge in [0.25, 0.3) is 5.91 Å². The number of carbonyl (C=O) groups is 1. The normalized spacial score (nSPS) is 18.6. The zero-order chi connectivity index (χ0) is 16.1. The van der Waals surface area contributed by atoms with Crippen LogP contribution in [-0.2, 0) is 9.53 Å². The van der Waals surface area contributed by atoms with Crippen molar-refractivity contribution in [3.05, 3.63) is 35.9 Å². The van der Waals surface area contributed by atoms with Gasteiger partial charge >= 0.3 is 0 Å². The number of nitrogens with one attached hydrogen (secondary N) is 3. The molecule has 122 valence electrons. The summed E-state index contributed by atoms with van der Waals surface area (Å²) in [5.74, 6) is -0.260. The molecule has 23 heavy (non-hydrogen) atoms. The van der Waals surface area contributed by atoms with Crippen LogP contribution in [0.25, 0.3) is 0 Å². The molecule has 8 heteroatoms. The van der Waals surface area contributed by atoms with Crippen molar-refractivity contribution in [1.82, 2.24) is 15.5 Å². The van der Waals surface area contributed by atoms with Crippen molar-refractivity contribution in [2.24, 2.45) is 0 Å². The molecule has 2 aromatic rings. The molecule has 2 atom stereocenters. The van der Waals surface area contributed by atoms with Gasteiger partial charge in [-0.3, -0.25) is 10.1 Å². The summed E-state index contributed by atoms with van der Waals surface area (Å²) in [7, 11) is 1.51. The van der Waals surface area contributed by atoms with Crippen molar-refractivity contribution in [1.29, 1.82) is 0 Å². The summed E-state index contributed by atoms with van der Waals surface area (Å²) in [6.45, 7) is 1.92. The average molecular weight is 333 g/mol. The van der Waals surface area contributed by atoms with E-state index in [2.05, 4.69) is 26.1 Å². The third-order valence-corrected chi connectivity index (χ3v) is 4.39. The number of benzene rings is 1. The molecular formula is C15H19N5O2S. The summed E-state index contributed by atoms with van der Waals surface area (Å²) in [6.07, 6.45) is 0.386. The number of hydrogen-bond acceptors (Lipinski definition) is 7. The monoisotopic (exact) mass is 333 g/mol. The maximum Gasteiger partial charge on any atom is 0.259 e. The van der Waals surface area contributed by atoms with E-state index in [1.54, 1.807) is 0 Å². The molecule has 2 heterocycles. The van der Waals surface area contributed by atoms with E-state index < -0.39 is 6.10 Å². The molecule has 1 amide bonds. The van der Waals surface area contributed by atoms with Crippen LogP contribution in [0.1, 0.15) is 18.1 Å². The molecule has 1 aromatic carbocycles. The second-order valence-corrected chi connectivity index (χ2v) is 6.24. The van der Waals surface area contributed by atoms with Crippen LogP contribution in [0.15, 0.2) is 30.3 Å². The minimum atomic E-state index is -0.671. The Morgan fingerprint density at radius 1 is 1.35 bits per heavy atom. The SMILES string of the molecule is CO[C@@H](C(=O)Nc1nnc(N[C@@H]2CCNC2)s1)c1ccccc1. The van der Waals surface area contributed by atoms with Crippen molar-refractivity contribution < 1.29 is 9.53 Å². The highest BCUT2D eigenvalue weighted by Crippen LogP contribution is 2.24. The Labute approximate surface area is 138 Å². The number of hydrogen-bond donors (Lipinski definition) is 3. The fourth-order valence-corrected chi connectivity index (χ4v) is 3.20. The van der Waals surface area contributed by atoms with Gasteiger partial charge in [-0.05, 0) is 18.5 Å². The van der Waals surface area contributed by atoms with Crippen molar-refractivity contribution in [3.63, 3.8) is 0 Å². The lowest BCUT2D eigenvalue weighted by molar-refractivity contribution is -0.126. The van der Waals surface area contributed by atoms with Crippen LogP contribution in [0.5, 0.6) is 0 Å². The van der Waals surface area contributed by atoms with E-state index in [0.717, 1.165) is 25.1 Å². The lowest BCUT2D eigenvalue weighted by Crippen LogP contribution is -2.22. The molecule has 3 rings (SSSR count). The van der Waals surface area contributed by atoms with Crippen LogP contribution in [0.4, 0.5) is 10.3 Å². The molecular weight excluding hydrogens is 314 g/mol. The van der Waals surface area contributed by atoms with Crippen molar-refractivity contribution in [2.75, 3.05) is 30.8 Å². The Bertz CT molecular complexity index is 642. The van der Waals surface area contributed by atoms with Crippen LogP contribution >= 0.6 is 11.3 Å². The molecule has 1 aliphatic heterocycles. The molecule has 1 fully saturated rings. The molecule has 1 aliphatic rings. The van der Waals surface area contributed by atoms with E-state index in [1.165, 1.54) is 18.4 Å². The Balaban J connectivity index is 1.61. The second-order valence-electron chi connectivity index (χ2n) is 5.26. The highest BCUT2D eigenvalue weighted by Gasteiger charge is 2.22. The lowest BCUT2D eigenvalue weighted by Gasteiger charge is -2.14. The summed E-state index contributed by atoms with van der Waals surface area (Å²) in [5, 5.41) is 18.6. The first-order valence-electron chi connectivity index (χ1n) is 7.45. The summed E-state index contributed by atoms with van der Waals surface area (Å²) in [6, 6.07) is 9.72. The third kappa shape index (κ3) is 4.04. The maximum absolute atomic E-state index is 12.4. The van der Waals surface area contributed by atoms with Crippen molar-refractivity contribution >= 4 is 27.5 Å². The Hall–Kier alpha value is -2.03. The first-order valence-corrected chi connectivity index (χ1v) is 8.27. The number of carbonyl (C=O) groups excluding carboxylic acids is 1. The Kier molecular flexibility index (Phi) is 5.16. The van der Waals surface area contributed by atoms with E-state index in [4.69, 9.17) is 4.74 Å². The van der Waals surface area contributed by atoms with Crippen molar-refractivity contribution in [2.45, 2.75) is 18.6 Å². The maximum atomic E-state index is 12.4. The molecule has 1 aromatic heterocycles. The van der Waals surface area contributed by atoms with Crippen LogP contribution in [-0.4, -0.2) is 42.3 Å². The minimum Gasteiger partial charge on any atom is -0.367 e. The van der Waals surface area contributed by atoms with Crippen molar-refractivity contribution in [3.8, 4) is 0 Å². The predicted octanol–water partition coefficient (Wildman–Crippen LogP) is 1.64. The quantitative estimate of drug-likeness (QED) is 0.745. The number of methoxy groups -OCH3 is 1. The fourth-order valence-electron chi connectivity index (χ4n) is 2.48. The third-order valence-electron chi connectivity index (χ3n) is 3.62. The van der Waals surface area contributed by atoms with Crippen LogP contribution in [0.3, 0.4) is 0 Å². The van der Waals surface area contributed by atoms with E-state index in [-0.39, 0.29) is 5.91 Å². The predicted molar refractivity (Wildman–Crippen MR) is 89.6 cm³/mol. The molecule has 0 bridgehead atoms. The summed E-state index contributed by atoms with van der Waals surface area (Å²) < 4.78 is 5.31. The highest BCUT2D eigenvalue weighted by atomic mass is 32.1. The molecule has 0 spiro atoms. The second kappa shape index (κ2) is 7.49. The van der Waals surface area contributed by atoms with E-state index in [1.807, 2.05) is 30.3 Å². The van der Waals surface area contributed by atoms with Gasteiger partial charge < -0.3 is 15.4 Å². The van der Waals surface area contributed by atoms with E-state index in [0.29, 0.717) is 16.3 Å². The minimum absolute atomic E-state index is 0.260. The van der Waals surface area contributed by atoms with Crippen LogP contribution in [0, 0.1) is 0 Å². The summed E-state index contributed by atoms with van der Waals surface area (Å²) >= 11 is 1.32. The largest absolute Gasteiger partial charge is 0.367 e. The highest BCUT2D eigenvalue weighted by molar-refractivity contribution is 7.19. The van der Waals surface area contributed by atoms with Gasteiger partial charge in [0.1, 0.15) is 0 Å². The zero-order valence-corrected chi connectivity index (χ0v) is 13.6. The number of aromatic nitrogens is 2. The lowest BCUT2D eigenvalue weighted by atomic mass is 10.1. The Morgan fingerprint density at radius 3 is 2.83 bits per heavy atom. The fraction of sp³-hybridized carbons (Fsp3) is 0.400. The summed E-state index contributed by atoms with van der Waals surface area (Å²) in [4.78, 5) is 12.4. The first-order chi connectivity index (χ1) is 11.3. The van der Waals surface area contributed by atoms with Crippen LogP contribution in [0.2, 0.25) is 0 Å². The molecule has 0 saturated carbocycles. The van der Waals surface area contributed by atoms with E-state index >= 15 is 0 Å². The number of amides is 1. The average Bonchev–Trinajstić information content (AvgIpc) is 3.22. The number of ether oxygens (including phenoxy) is 1. The summed E-state index contributed by atoms with van der Waals surface area (Å²) in [5.41, 5.74) is 0.799. The molecule has 1 saturated heterocycles. The Morgan fingerprint density at radius 2 is 2.13 bits per heavy atom. The van der Waals surface area contributed by atoms with Gasteiger partial charge in [-0.15, -0.1) is 10.2 Å². The molecule has 0 aliphatic carbocycles. The number of nitrogens with zero attached hydrogens (tertiary/aromatic N) is 2. The molecule has 0 radical (unpaired) electrons. The van der Waals surface area contributed by atoms with Gasteiger partial charge in [0.05, 0.1) is 0 Å². The molecule has 7 nitrogen and oxygen atoms in total. The van der Waals surface area contributed by atoms with Gasteiger partial charge in [-0.2, -0.15) is 0 Å². The smallest absolute Gasteiger partial charge is 0.259 e. The topological polar surface area (TPSA) is 88.2 Å².